The number of carbonyl (C=O) groups excluding carboxylic acids is 2. The van der Waals surface area contributed by atoms with Crippen LogP contribution in [0.2, 0.25) is 0 Å². The molecule has 4 unspecified atom stereocenters. The number of rotatable bonds is 8. The molecule has 3 aromatic rings. The van der Waals surface area contributed by atoms with Gasteiger partial charge >= 0.3 is 0 Å². The van der Waals surface area contributed by atoms with Gasteiger partial charge in [0.1, 0.15) is 5.75 Å². The molecule has 1 aromatic heterocycles. The standard InChI is InChI=1S/C37H45FN4O5S/c1-40-20-25-10-11-26(21-40)42(25)36(44)37-19-31(37)30-18-27(47-2)12-14-28(30)34-33(23-7-4-3-5-8-23)29-13-9-24(17-32(29)41(34)22-37)35(43)39-48(45,46)16-6-15-38/h9,12-14,17-18,23,25-26,31H,3-8,10-11,15-16,19-22H2,1-2H3,(H,39,43). The van der Waals surface area contributed by atoms with Crippen molar-refractivity contribution in [3.8, 4) is 17.0 Å². The summed E-state index contributed by atoms with van der Waals surface area (Å²) in [5, 5.41) is 1.05. The van der Waals surface area contributed by atoms with Crippen molar-refractivity contribution in [3.63, 3.8) is 0 Å². The minimum absolute atomic E-state index is 0.0513. The van der Waals surface area contributed by atoms with Gasteiger partial charge in [0.05, 0.1) is 30.6 Å². The third-order valence-corrected chi connectivity index (χ3v) is 13.2. The summed E-state index contributed by atoms with van der Waals surface area (Å²) in [6.45, 7) is 1.51. The quantitative estimate of drug-likeness (QED) is 0.335. The van der Waals surface area contributed by atoms with Crippen molar-refractivity contribution < 1.29 is 27.1 Å². The Morgan fingerprint density at radius 3 is 2.48 bits per heavy atom. The van der Waals surface area contributed by atoms with Gasteiger partial charge in [-0.25, -0.2) is 13.1 Å². The summed E-state index contributed by atoms with van der Waals surface area (Å²) in [4.78, 5) is 32.9. The lowest BCUT2D eigenvalue weighted by Crippen LogP contribution is -2.57. The second kappa shape index (κ2) is 11.9. The SMILES string of the molecule is COc1ccc2c(c1)C1CC1(C(=O)N1C3CCC1CN(C)C3)Cn1c-2c(C2CCCCC2)c2ccc(C(=O)NS(=O)(=O)CCCF)cc21. The number of nitrogens with one attached hydrogen (secondary N) is 1. The molecule has 5 aliphatic rings. The number of hydrogen-bond donors (Lipinski definition) is 1. The van der Waals surface area contributed by atoms with Crippen molar-refractivity contribution in [2.45, 2.75) is 88.3 Å². The topological polar surface area (TPSA) is 101 Å². The Kier molecular flexibility index (Phi) is 7.86. The number of halogens is 1. The first-order chi connectivity index (χ1) is 23.1. The largest absolute Gasteiger partial charge is 0.497 e. The van der Waals surface area contributed by atoms with E-state index in [0.717, 1.165) is 91.5 Å². The first-order valence-electron chi connectivity index (χ1n) is 17.6. The lowest BCUT2D eigenvalue weighted by atomic mass is 9.81. The Morgan fingerprint density at radius 1 is 1.02 bits per heavy atom. The van der Waals surface area contributed by atoms with Crippen LogP contribution in [0.4, 0.5) is 4.39 Å². The van der Waals surface area contributed by atoms with E-state index in [1.165, 1.54) is 12.0 Å². The van der Waals surface area contributed by atoms with E-state index in [0.29, 0.717) is 12.5 Å². The number of benzene rings is 2. The molecule has 9 nitrogen and oxygen atoms in total. The average Bonchev–Trinajstić information content (AvgIpc) is 3.67. The van der Waals surface area contributed by atoms with Crippen LogP contribution >= 0.6 is 0 Å². The van der Waals surface area contributed by atoms with Crippen LogP contribution in [0.15, 0.2) is 36.4 Å². The van der Waals surface area contributed by atoms with Gasteiger partial charge in [-0.05, 0) is 92.9 Å². The maximum absolute atomic E-state index is 15.0. The first kappa shape index (κ1) is 31.8. The van der Waals surface area contributed by atoms with Crippen LogP contribution in [0.5, 0.6) is 5.75 Å². The monoisotopic (exact) mass is 676 g/mol. The van der Waals surface area contributed by atoms with Crippen molar-refractivity contribution in [2.75, 3.05) is 39.7 Å². The normalized spacial score (nSPS) is 26.8. The van der Waals surface area contributed by atoms with Gasteiger partial charge < -0.3 is 19.1 Å². The summed E-state index contributed by atoms with van der Waals surface area (Å²) in [5.74, 6) is 0.221. The smallest absolute Gasteiger partial charge is 0.264 e. The third-order valence-electron chi connectivity index (χ3n) is 11.9. The van der Waals surface area contributed by atoms with Crippen LogP contribution in [0, 0.1) is 5.41 Å². The van der Waals surface area contributed by atoms with Crippen molar-refractivity contribution in [1.29, 1.82) is 0 Å². The predicted molar refractivity (Wildman–Crippen MR) is 183 cm³/mol. The molecule has 3 aliphatic heterocycles. The van der Waals surface area contributed by atoms with E-state index < -0.39 is 33.8 Å². The van der Waals surface area contributed by atoms with Crippen molar-refractivity contribution in [1.82, 2.24) is 19.1 Å². The van der Waals surface area contributed by atoms with Gasteiger partial charge in [-0.1, -0.05) is 25.3 Å². The van der Waals surface area contributed by atoms with Gasteiger partial charge in [0.2, 0.25) is 15.9 Å². The van der Waals surface area contributed by atoms with E-state index in [4.69, 9.17) is 4.74 Å². The number of sulfonamides is 1. The number of carbonyl (C=O) groups is 2. The molecule has 4 atom stereocenters. The maximum atomic E-state index is 15.0. The number of hydrogen-bond acceptors (Lipinski definition) is 6. The van der Waals surface area contributed by atoms with E-state index in [2.05, 4.69) is 38.3 Å². The number of ether oxygens (including phenoxy) is 1. The van der Waals surface area contributed by atoms with Gasteiger partial charge in [0, 0.05) is 59.7 Å². The minimum atomic E-state index is -3.98. The van der Waals surface area contributed by atoms with Gasteiger partial charge in [0.25, 0.3) is 5.91 Å². The highest BCUT2D eigenvalue weighted by Crippen LogP contribution is 2.66. The number of likely N-dealkylation sites (tertiary alicyclic amines) is 1. The van der Waals surface area contributed by atoms with E-state index in [1.54, 1.807) is 19.2 Å². The zero-order valence-corrected chi connectivity index (χ0v) is 28.7. The van der Waals surface area contributed by atoms with Crippen LogP contribution in [0.3, 0.4) is 0 Å². The summed E-state index contributed by atoms with van der Waals surface area (Å²) >= 11 is 0. The summed E-state index contributed by atoms with van der Waals surface area (Å²) in [5.41, 5.74) is 5.11. The highest BCUT2D eigenvalue weighted by atomic mass is 32.2. The van der Waals surface area contributed by atoms with Crippen LogP contribution in [0.25, 0.3) is 22.2 Å². The average molecular weight is 677 g/mol. The third kappa shape index (κ3) is 5.14. The van der Waals surface area contributed by atoms with Gasteiger partial charge in [-0.3, -0.25) is 14.0 Å². The predicted octanol–water partition coefficient (Wildman–Crippen LogP) is 5.58. The Bertz CT molecular complexity index is 1890. The second-order valence-electron chi connectivity index (χ2n) is 14.9. The number of methoxy groups -OCH3 is 1. The zero-order valence-electron chi connectivity index (χ0n) is 27.8. The molecule has 11 heteroatoms. The van der Waals surface area contributed by atoms with Crippen LogP contribution < -0.4 is 9.46 Å². The molecule has 8 rings (SSSR count). The molecule has 48 heavy (non-hydrogen) atoms. The Morgan fingerprint density at radius 2 is 1.77 bits per heavy atom. The van der Waals surface area contributed by atoms with E-state index in [-0.39, 0.29) is 35.9 Å². The molecular formula is C37H45FN4O5S. The maximum Gasteiger partial charge on any atom is 0.264 e. The molecule has 4 fully saturated rings. The van der Waals surface area contributed by atoms with Crippen LogP contribution in [-0.4, -0.2) is 86.4 Å². The molecule has 2 aliphatic carbocycles. The molecule has 4 heterocycles. The summed E-state index contributed by atoms with van der Waals surface area (Å²) < 4.78 is 48.0. The molecule has 2 aromatic carbocycles. The Labute approximate surface area is 281 Å². The van der Waals surface area contributed by atoms with Crippen molar-refractivity contribution in [2.24, 2.45) is 5.41 Å². The Balaban J connectivity index is 1.30. The molecule has 0 radical (unpaired) electrons. The lowest BCUT2D eigenvalue weighted by molar-refractivity contribution is -0.143. The fraction of sp³-hybridized carbons (Fsp3) is 0.568. The summed E-state index contributed by atoms with van der Waals surface area (Å²) in [6.07, 6.45) is 8.31. The molecule has 256 valence electrons. The minimum Gasteiger partial charge on any atom is -0.497 e. The van der Waals surface area contributed by atoms with Crippen LogP contribution in [0.1, 0.15) is 91.1 Å². The summed E-state index contributed by atoms with van der Waals surface area (Å²) in [6, 6.07) is 12.2. The molecule has 2 saturated heterocycles. The molecule has 1 N–H and O–H groups in total. The second-order valence-corrected chi connectivity index (χ2v) is 16.7. The molecule has 2 amide bonds. The molecular weight excluding hydrogens is 631 g/mol. The summed E-state index contributed by atoms with van der Waals surface area (Å²) in [7, 11) is -0.158. The van der Waals surface area contributed by atoms with E-state index >= 15 is 0 Å². The number of alkyl halides is 1. The highest BCUT2D eigenvalue weighted by molar-refractivity contribution is 7.90. The fourth-order valence-electron chi connectivity index (χ4n) is 9.62. The van der Waals surface area contributed by atoms with Crippen molar-refractivity contribution in [3.05, 3.63) is 53.1 Å². The van der Waals surface area contributed by atoms with E-state index in [1.807, 2.05) is 12.1 Å². The Hall–Kier alpha value is -3.44. The van der Waals surface area contributed by atoms with Gasteiger partial charge in [-0.2, -0.15) is 0 Å². The zero-order chi connectivity index (χ0) is 33.4. The number of amides is 2. The van der Waals surface area contributed by atoms with E-state index in [9.17, 15) is 22.4 Å². The van der Waals surface area contributed by atoms with Gasteiger partial charge in [-0.15, -0.1) is 0 Å². The van der Waals surface area contributed by atoms with Gasteiger partial charge in [0.15, 0.2) is 0 Å². The fourth-order valence-corrected chi connectivity index (χ4v) is 10.6. The lowest BCUT2D eigenvalue weighted by Gasteiger charge is -2.41. The number of aromatic nitrogens is 1. The van der Waals surface area contributed by atoms with Crippen molar-refractivity contribution >= 4 is 32.7 Å². The number of likely N-dealkylation sites (N-methyl/N-ethyl adjacent to an activating group) is 1. The molecule has 2 saturated carbocycles. The highest BCUT2D eigenvalue weighted by Gasteiger charge is 2.65. The first-order valence-corrected chi connectivity index (χ1v) is 19.3. The number of nitrogens with zero attached hydrogens (tertiary/aromatic N) is 3. The number of fused-ring (bicyclic) bond motifs is 9. The number of piperazine rings is 1. The molecule has 2 bridgehead atoms. The molecule has 0 spiro atoms. The van der Waals surface area contributed by atoms with Crippen LogP contribution in [-0.2, 0) is 21.4 Å².